The van der Waals surface area contributed by atoms with E-state index in [1.165, 1.54) is 29.2 Å². The summed E-state index contributed by atoms with van der Waals surface area (Å²) in [4.78, 5) is 4.28. The van der Waals surface area contributed by atoms with Crippen molar-refractivity contribution in [1.82, 2.24) is 4.98 Å². The average Bonchev–Trinajstić information content (AvgIpc) is 2.87. The van der Waals surface area contributed by atoms with Gasteiger partial charge in [-0.25, -0.2) is 4.98 Å². The number of thioether (sulfide) groups is 1. The van der Waals surface area contributed by atoms with Gasteiger partial charge in [-0.05, 0) is 23.8 Å². The maximum Gasteiger partial charge on any atom is 0.416 e. The molecule has 0 spiro atoms. The fourth-order valence-electron chi connectivity index (χ4n) is 1.86. The second-order valence-corrected chi connectivity index (χ2v) is 6.69. The van der Waals surface area contributed by atoms with Gasteiger partial charge in [0.15, 0.2) is 4.34 Å². The van der Waals surface area contributed by atoms with Crippen LogP contribution in [0.4, 0.5) is 13.2 Å². The quantitative estimate of drug-likeness (QED) is 0.581. The van der Waals surface area contributed by atoms with Crippen molar-refractivity contribution in [1.29, 1.82) is 0 Å². The van der Waals surface area contributed by atoms with Gasteiger partial charge in [0, 0.05) is 5.75 Å². The van der Waals surface area contributed by atoms with Crippen molar-refractivity contribution in [3.05, 3.63) is 59.7 Å². The average molecular weight is 325 g/mol. The Hall–Kier alpha value is -1.53. The molecule has 1 aromatic heterocycles. The maximum atomic E-state index is 12.7. The Morgan fingerprint density at radius 1 is 1.05 bits per heavy atom. The first kappa shape index (κ1) is 14.4. The highest BCUT2D eigenvalue weighted by molar-refractivity contribution is 8.00. The third-order valence-corrected chi connectivity index (χ3v) is 5.15. The van der Waals surface area contributed by atoms with Crippen LogP contribution in [-0.2, 0) is 11.9 Å². The van der Waals surface area contributed by atoms with E-state index in [4.69, 9.17) is 0 Å². The summed E-state index contributed by atoms with van der Waals surface area (Å²) in [7, 11) is 0. The van der Waals surface area contributed by atoms with E-state index in [1.807, 2.05) is 30.3 Å². The van der Waals surface area contributed by atoms with Crippen LogP contribution in [0.25, 0.3) is 10.2 Å². The zero-order chi connectivity index (χ0) is 14.9. The van der Waals surface area contributed by atoms with Gasteiger partial charge in [-0.2, -0.15) is 13.2 Å². The Kier molecular flexibility index (Phi) is 3.91. The normalized spacial score (nSPS) is 12.0. The smallest absolute Gasteiger partial charge is 0.230 e. The van der Waals surface area contributed by atoms with Crippen LogP contribution in [-0.4, -0.2) is 4.98 Å². The summed E-state index contributed by atoms with van der Waals surface area (Å²) in [5.74, 6) is 0.757. The Labute approximate surface area is 127 Å². The lowest BCUT2D eigenvalue weighted by Crippen LogP contribution is -2.03. The van der Waals surface area contributed by atoms with Gasteiger partial charge < -0.3 is 0 Å². The molecule has 1 heterocycles. The lowest BCUT2D eigenvalue weighted by molar-refractivity contribution is -0.137. The van der Waals surface area contributed by atoms with Crippen molar-refractivity contribution in [2.75, 3.05) is 0 Å². The van der Waals surface area contributed by atoms with Crippen LogP contribution in [0.15, 0.2) is 52.9 Å². The number of aromatic nitrogens is 1. The number of nitrogens with zero attached hydrogens (tertiary/aromatic N) is 1. The summed E-state index contributed by atoms with van der Waals surface area (Å²) in [6.45, 7) is 0. The molecule has 0 aliphatic rings. The van der Waals surface area contributed by atoms with E-state index in [0.717, 1.165) is 32.5 Å². The molecular weight excluding hydrogens is 315 g/mol. The van der Waals surface area contributed by atoms with Gasteiger partial charge >= 0.3 is 6.18 Å². The molecule has 0 radical (unpaired) electrons. The molecule has 1 nitrogen and oxygen atoms in total. The molecule has 3 rings (SSSR count). The Balaban J connectivity index is 1.81. The predicted molar refractivity (Wildman–Crippen MR) is 80.6 cm³/mol. The minimum Gasteiger partial charge on any atom is -0.230 e. The lowest BCUT2D eigenvalue weighted by Gasteiger charge is -2.04. The monoisotopic (exact) mass is 325 g/mol. The Morgan fingerprint density at radius 3 is 2.52 bits per heavy atom. The number of alkyl halides is 3. The minimum atomic E-state index is -4.32. The fraction of sp³-hybridized carbons (Fsp3) is 0.133. The predicted octanol–water partition coefficient (Wildman–Crippen LogP) is 5.61. The summed E-state index contributed by atoms with van der Waals surface area (Å²) in [6, 6.07) is 13.6. The summed E-state index contributed by atoms with van der Waals surface area (Å²) >= 11 is 2.96. The van der Waals surface area contributed by atoms with E-state index < -0.39 is 11.7 Å². The highest BCUT2D eigenvalue weighted by Gasteiger charge is 2.30. The van der Waals surface area contributed by atoms with Crippen LogP contribution in [0.5, 0.6) is 0 Å². The molecule has 0 saturated carbocycles. The Bertz CT molecular complexity index is 750. The summed E-state index contributed by atoms with van der Waals surface area (Å²) in [6.07, 6.45) is -4.32. The highest BCUT2D eigenvalue weighted by atomic mass is 32.2. The van der Waals surface area contributed by atoms with E-state index in [0.29, 0.717) is 5.52 Å². The Morgan fingerprint density at radius 2 is 1.81 bits per heavy atom. The van der Waals surface area contributed by atoms with Gasteiger partial charge in [0.1, 0.15) is 0 Å². The summed E-state index contributed by atoms with van der Waals surface area (Å²) in [5.41, 5.74) is 0.919. The van der Waals surface area contributed by atoms with E-state index >= 15 is 0 Å². The van der Waals surface area contributed by atoms with E-state index in [1.54, 1.807) is 0 Å². The number of hydrogen-bond acceptors (Lipinski definition) is 3. The molecule has 0 atom stereocenters. The summed E-state index contributed by atoms with van der Waals surface area (Å²) in [5, 5.41) is 0. The fourth-order valence-corrected chi connectivity index (χ4v) is 3.87. The first-order valence-electron chi connectivity index (χ1n) is 6.17. The maximum absolute atomic E-state index is 12.7. The third kappa shape index (κ3) is 3.39. The van der Waals surface area contributed by atoms with E-state index in [9.17, 15) is 13.2 Å². The number of thiazole rings is 1. The van der Waals surface area contributed by atoms with Crippen molar-refractivity contribution >= 4 is 33.3 Å². The second-order valence-electron chi connectivity index (χ2n) is 4.43. The second kappa shape index (κ2) is 5.69. The first-order chi connectivity index (χ1) is 10.0. The largest absolute Gasteiger partial charge is 0.416 e. The molecule has 3 aromatic rings. The van der Waals surface area contributed by atoms with Crippen molar-refractivity contribution in [3.63, 3.8) is 0 Å². The highest BCUT2D eigenvalue weighted by Crippen LogP contribution is 2.35. The van der Waals surface area contributed by atoms with Crippen LogP contribution >= 0.6 is 23.1 Å². The SMILES string of the molecule is FC(F)(F)c1ccc2sc(SCc3ccccc3)nc2c1. The zero-order valence-corrected chi connectivity index (χ0v) is 12.4. The topological polar surface area (TPSA) is 12.9 Å². The standard InChI is InChI=1S/C15H10F3NS2/c16-15(17,18)11-6-7-13-12(8-11)19-14(21-13)20-9-10-4-2-1-3-5-10/h1-8H,9H2. The number of rotatable bonds is 3. The minimum absolute atomic E-state index is 0.408. The van der Waals surface area contributed by atoms with Gasteiger partial charge in [-0.15, -0.1) is 11.3 Å². The number of fused-ring (bicyclic) bond motifs is 1. The van der Waals surface area contributed by atoms with Crippen LogP contribution in [0.3, 0.4) is 0 Å². The van der Waals surface area contributed by atoms with Crippen molar-refractivity contribution in [3.8, 4) is 0 Å². The molecule has 21 heavy (non-hydrogen) atoms. The van der Waals surface area contributed by atoms with Gasteiger partial charge in [-0.3, -0.25) is 0 Å². The molecule has 0 aliphatic heterocycles. The number of benzene rings is 2. The zero-order valence-electron chi connectivity index (χ0n) is 10.7. The molecule has 2 aromatic carbocycles. The van der Waals surface area contributed by atoms with Crippen LogP contribution in [0, 0.1) is 0 Å². The molecule has 6 heteroatoms. The number of halogens is 3. The first-order valence-corrected chi connectivity index (χ1v) is 7.97. The van der Waals surface area contributed by atoms with Crippen LogP contribution in [0.1, 0.15) is 11.1 Å². The molecule has 0 fully saturated rings. The molecular formula is C15H10F3NS2. The van der Waals surface area contributed by atoms with Gasteiger partial charge in [-0.1, -0.05) is 42.1 Å². The molecule has 0 unspecified atom stereocenters. The van der Waals surface area contributed by atoms with Crippen molar-refractivity contribution in [2.24, 2.45) is 0 Å². The molecule has 0 bridgehead atoms. The van der Waals surface area contributed by atoms with Gasteiger partial charge in [0.25, 0.3) is 0 Å². The lowest BCUT2D eigenvalue weighted by atomic mass is 10.2. The van der Waals surface area contributed by atoms with Crippen LogP contribution < -0.4 is 0 Å². The van der Waals surface area contributed by atoms with Crippen molar-refractivity contribution < 1.29 is 13.2 Å². The molecule has 0 saturated heterocycles. The van der Waals surface area contributed by atoms with E-state index in [2.05, 4.69) is 4.98 Å². The molecule has 0 amide bonds. The van der Waals surface area contributed by atoms with Gasteiger partial charge in [0.05, 0.1) is 15.8 Å². The van der Waals surface area contributed by atoms with Crippen molar-refractivity contribution in [2.45, 2.75) is 16.3 Å². The van der Waals surface area contributed by atoms with Crippen LogP contribution in [0.2, 0.25) is 0 Å². The third-order valence-electron chi connectivity index (χ3n) is 2.90. The summed E-state index contributed by atoms with van der Waals surface area (Å²) < 4.78 is 39.5. The molecule has 108 valence electrons. The molecule has 0 aliphatic carbocycles. The van der Waals surface area contributed by atoms with Gasteiger partial charge in [0.2, 0.25) is 0 Å². The van der Waals surface area contributed by atoms with E-state index in [-0.39, 0.29) is 0 Å². The molecule has 0 N–H and O–H groups in total. The number of hydrogen-bond donors (Lipinski definition) is 0.